The molecule has 0 aromatic heterocycles. The molecule has 23 heavy (non-hydrogen) atoms. The molecule has 3 rings (SSSR count). The van der Waals surface area contributed by atoms with Crippen molar-refractivity contribution in [2.75, 3.05) is 25.5 Å². The van der Waals surface area contributed by atoms with Gasteiger partial charge in [0.15, 0.2) is 0 Å². The SMILES string of the molecule is CNCCOc1cc(Cl)c(Cc2ccccc2)c2c1[N]C(=O)N2. The van der Waals surface area contributed by atoms with E-state index in [1.54, 1.807) is 6.07 Å². The van der Waals surface area contributed by atoms with Crippen LogP contribution in [0.1, 0.15) is 11.1 Å². The summed E-state index contributed by atoms with van der Waals surface area (Å²) >= 11 is 6.43. The zero-order valence-corrected chi connectivity index (χ0v) is 13.5. The third-order valence-electron chi connectivity index (χ3n) is 3.60. The van der Waals surface area contributed by atoms with Crippen LogP contribution in [0.25, 0.3) is 0 Å². The van der Waals surface area contributed by atoms with Crippen LogP contribution in [0.2, 0.25) is 5.02 Å². The number of nitrogens with zero attached hydrogens (tertiary/aromatic N) is 1. The van der Waals surface area contributed by atoms with Crippen LogP contribution < -0.4 is 20.7 Å². The van der Waals surface area contributed by atoms with Crippen molar-refractivity contribution in [3.05, 3.63) is 52.5 Å². The van der Waals surface area contributed by atoms with Gasteiger partial charge in [-0.1, -0.05) is 41.9 Å². The first kappa shape index (κ1) is 15.6. The second-order valence-electron chi connectivity index (χ2n) is 5.22. The lowest BCUT2D eigenvalue weighted by molar-refractivity contribution is 0.255. The first-order valence-corrected chi connectivity index (χ1v) is 7.76. The minimum atomic E-state index is -0.393. The Morgan fingerprint density at radius 1 is 1.30 bits per heavy atom. The number of nitrogens with one attached hydrogen (secondary N) is 2. The Labute approximate surface area is 140 Å². The van der Waals surface area contributed by atoms with E-state index in [9.17, 15) is 4.79 Å². The molecule has 2 aromatic rings. The van der Waals surface area contributed by atoms with E-state index in [1.165, 1.54) is 0 Å². The molecule has 0 aliphatic carbocycles. The van der Waals surface area contributed by atoms with E-state index in [2.05, 4.69) is 16.0 Å². The van der Waals surface area contributed by atoms with Gasteiger partial charge >= 0.3 is 6.03 Å². The maximum Gasteiger partial charge on any atom is 0.346 e. The molecule has 0 saturated heterocycles. The molecule has 2 amide bonds. The second kappa shape index (κ2) is 6.89. The number of amides is 2. The molecule has 0 saturated carbocycles. The molecular formula is C17H17ClN3O2. The molecule has 1 heterocycles. The van der Waals surface area contributed by atoms with E-state index in [0.717, 1.165) is 11.1 Å². The van der Waals surface area contributed by atoms with Gasteiger partial charge in [0.1, 0.15) is 18.0 Å². The summed E-state index contributed by atoms with van der Waals surface area (Å²) in [5.41, 5.74) is 3.14. The molecule has 0 unspecified atom stereocenters. The number of carbonyl (C=O) groups excluding carboxylic acids is 1. The summed E-state index contributed by atoms with van der Waals surface area (Å²) in [4.78, 5) is 11.7. The zero-order chi connectivity index (χ0) is 16.2. The lowest BCUT2D eigenvalue weighted by Gasteiger charge is -2.14. The van der Waals surface area contributed by atoms with E-state index in [-0.39, 0.29) is 0 Å². The van der Waals surface area contributed by atoms with Crippen LogP contribution >= 0.6 is 11.6 Å². The summed E-state index contributed by atoms with van der Waals surface area (Å²) in [5.74, 6) is 0.524. The largest absolute Gasteiger partial charge is 0.490 e. The van der Waals surface area contributed by atoms with Crippen LogP contribution in [0, 0.1) is 0 Å². The van der Waals surface area contributed by atoms with Crippen LogP contribution in [0.3, 0.4) is 0 Å². The van der Waals surface area contributed by atoms with Crippen LogP contribution in [-0.4, -0.2) is 26.2 Å². The highest BCUT2D eigenvalue weighted by atomic mass is 35.5. The Morgan fingerprint density at radius 2 is 2.09 bits per heavy atom. The van der Waals surface area contributed by atoms with E-state index in [1.807, 2.05) is 37.4 Å². The highest BCUT2D eigenvalue weighted by molar-refractivity contribution is 6.32. The number of hydrogen-bond acceptors (Lipinski definition) is 3. The number of carbonyl (C=O) groups is 1. The monoisotopic (exact) mass is 330 g/mol. The minimum absolute atomic E-state index is 0.393. The van der Waals surface area contributed by atoms with Crippen molar-refractivity contribution in [1.82, 2.24) is 10.6 Å². The minimum Gasteiger partial charge on any atom is -0.490 e. The van der Waals surface area contributed by atoms with Crippen LogP contribution in [0.5, 0.6) is 5.75 Å². The zero-order valence-electron chi connectivity index (χ0n) is 12.7. The van der Waals surface area contributed by atoms with E-state index in [0.29, 0.717) is 41.7 Å². The van der Waals surface area contributed by atoms with Gasteiger partial charge in [-0.25, -0.2) is 4.79 Å². The topological polar surface area (TPSA) is 64.5 Å². The highest BCUT2D eigenvalue weighted by Gasteiger charge is 2.28. The van der Waals surface area contributed by atoms with Crippen LogP contribution in [0.4, 0.5) is 16.2 Å². The number of ether oxygens (including phenoxy) is 1. The molecular weight excluding hydrogens is 314 g/mol. The third kappa shape index (κ3) is 3.41. The Kier molecular flexibility index (Phi) is 4.69. The van der Waals surface area contributed by atoms with Crippen molar-refractivity contribution >= 4 is 29.0 Å². The fourth-order valence-electron chi connectivity index (χ4n) is 2.48. The molecule has 0 spiro atoms. The van der Waals surface area contributed by atoms with E-state index >= 15 is 0 Å². The Balaban J connectivity index is 1.95. The van der Waals surface area contributed by atoms with Gasteiger partial charge in [0.05, 0.1) is 10.7 Å². The summed E-state index contributed by atoms with van der Waals surface area (Å²) in [6.07, 6.45) is 0.620. The quantitative estimate of drug-likeness (QED) is 0.799. The molecule has 1 radical (unpaired) electrons. The van der Waals surface area contributed by atoms with Crippen molar-refractivity contribution in [3.63, 3.8) is 0 Å². The van der Waals surface area contributed by atoms with Crippen molar-refractivity contribution in [2.24, 2.45) is 0 Å². The molecule has 5 nitrogen and oxygen atoms in total. The molecule has 2 aromatic carbocycles. The smallest absolute Gasteiger partial charge is 0.346 e. The number of likely N-dealkylation sites (N-methyl/N-ethyl adjacent to an activating group) is 1. The van der Waals surface area contributed by atoms with Crippen LogP contribution in [0.15, 0.2) is 36.4 Å². The van der Waals surface area contributed by atoms with Gasteiger partial charge in [-0.2, -0.15) is 5.32 Å². The molecule has 0 bridgehead atoms. The number of halogens is 1. The number of benzene rings is 2. The van der Waals surface area contributed by atoms with Crippen molar-refractivity contribution < 1.29 is 9.53 Å². The summed E-state index contributed by atoms with van der Waals surface area (Å²) in [6.45, 7) is 1.17. The van der Waals surface area contributed by atoms with Gasteiger partial charge in [0.25, 0.3) is 0 Å². The number of urea groups is 1. The van der Waals surface area contributed by atoms with Crippen molar-refractivity contribution in [2.45, 2.75) is 6.42 Å². The molecule has 6 heteroatoms. The Hall–Kier alpha value is -2.24. The van der Waals surface area contributed by atoms with E-state index in [4.69, 9.17) is 16.3 Å². The Bertz CT molecular complexity index is 720. The fraction of sp³-hybridized carbons (Fsp3) is 0.235. The van der Waals surface area contributed by atoms with Crippen LogP contribution in [-0.2, 0) is 6.42 Å². The lowest BCUT2D eigenvalue weighted by atomic mass is 10.0. The number of anilines is 1. The average molecular weight is 331 g/mol. The number of hydrogen-bond donors (Lipinski definition) is 2. The maximum atomic E-state index is 11.7. The fourth-order valence-corrected chi connectivity index (χ4v) is 2.74. The number of fused-ring (bicyclic) bond motifs is 1. The number of rotatable bonds is 6. The summed E-state index contributed by atoms with van der Waals surface area (Å²) in [5, 5.41) is 10.4. The highest BCUT2D eigenvalue weighted by Crippen LogP contribution is 2.44. The average Bonchev–Trinajstić information content (AvgIpc) is 2.94. The molecule has 0 fully saturated rings. The maximum absolute atomic E-state index is 11.7. The first-order chi connectivity index (χ1) is 11.2. The summed E-state index contributed by atoms with van der Waals surface area (Å²) in [7, 11) is 1.85. The van der Waals surface area contributed by atoms with Gasteiger partial charge in [-0.3, -0.25) is 0 Å². The second-order valence-corrected chi connectivity index (χ2v) is 5.62. The summed E-state index contributed by atoms with van der Waals surface area (Å²) < 4.78 is 5.69. The molecule has 1 aliphatic heterocycles. The Morgan fingerprint density at radius 3 is 2.83 bits per heavy atom. The molecule has 0 atom stereocenters. The van der Waals surface area contributed by atoms with Crippen molar-refractivity contribution in [3.8, 4) is 5.75 Å². The standard InChI is InChI=1S/C17H17ClN3O2/c1-19-7-8-23-14-10-13(18)12(9-11-5-3-2-4-6-11)15-16(14)21-17(22)20-15/h2-6,10,19H,7-9H2,1H3,(H,20,22). The molecule has 2 N–H and O–H groups in total. The lowest BCUT2D eigenvalue weighted by Crippen LogP contribution is -2.16. The van der Waals surface area contributed by atoms with Gasteiger partial charge in [-0.15, -0.1) is 0 Å². The van der Waals surface area contributed by atoms with Crippen molar-refractivity contribution in [1.29, 1.82) is 0 Å². The molecule has 1 aliphatic rings. The van der Waals surface area contributed by atoms with E-state index < -0.39 is 6.03 Å². The third-order valence-corrected chi connectivity index (χ3v) is 3.93. The normalized spacial score (nSPS) is 12.5. The predicted molar refractivity (Wildman–Crippen MR) is 90.9 cm³/mol. The first-order valence-electron chi connectivity index (χ1n) is 7.38. The van der Waals surface area contributed by atoms with Gasteiger partial charge in [0, 0.05) is 24.6 Å². The van der Waals surface area contributed by atoms with Gasteiger partial charge in [-0.05, 0) is 12.6 Å². The van der Waals surface area contributed by atoms with Gasteiger partial charge in [0.2, 0.25) is 0 Å². The summed E-state index contributed by atoms with van der Waals surface area (Å²) in [6, 6.07) is 11.3. The predicted octanol–water partition coefficient (Wildman–Crippen LogP) is 3.31. The molecule has 119 valence electrons. The van der Waals surface area contributed by atoms with Gasteiger partial charge < -0.3 is 15.4 Å².